The lowest BCUT2D eigenvalue weighted by Crippen LogP contribution is -2.68. The number of alkyl halides is 3. The standard InChI is InChI=1S/C19H33F3N4O.HI/c1-5-25(12-19(20,21)22)10-13-6-8-26(11-13)17(23-4)24-15-14-7-9-27-16(14)18(15,2)3;/h13-16H,5-12H2,1-4H3,(H,23,24);1H. The van der Waals surface area contributed by atoms with E-state index in [-0.39, 0.29) is 35.3 Å². The van der Waals surface area contributed by atoms with Crippen molar-refractivity contribution in [2.45, 2.75) is 51.9 Å². The summed E-state index contributed by atoms with van der Waals surface area (Å²) in [6.45, 7) is 8.75. The van der Waals surface area contributed by atoms with Gasteiger partial charge >= 0.3 is 6.18 Å². The average Bonchev–Trinajstić information content (AvgIpc) is 3.22. The lowest BCUT2D eigenvalue weighted by atomic mass is 9.57. The van der Waals surface area contributed by atoms with Crippen LogP contribution in [-0.4, -0.2) is 80.5 Å². The maximum absolute atomic E-state index is 12.7. The molecule has 4 unspecified atom stereocenters. The molecule has 1 saturated carbocycles. The highest BCUT2D eigenvalue weighted by Crippen LogP contribution is 2.52. The van der Waals surface area contributed by atoms with Crippen molar-refractivity contribution in [3.8, 4) is 0 Å². The maximum atomic E-state index is 12.7. The van der Waals surface area contributed by atoms with E-state index in [1.165, 1.54) is 4.90 Å². The second-order valence-corrected chi connectivity index (χ2v) is 8.78. The molecule has 3 fully saturated rings. The third-order valence-corrected chi connectivity index (χ3v) is 6.55. The van der Waals surface area contributed by atoms with Crippen LogP contribution in [0.3, 0.4) is 0 Å². The summed E-state index contributed by atoms with van der Waals surface area (Å²) in [5.74, 6) is 1.64. The Bertz CT molecular complexity index is 558. The average molecular weight is 518 g/mol. The van der Waals surface area contributed by atoms with E-state index in [0.717, 1.165) is 38.5 Å². The van der Waals surface area contributed by atoms with Gasteiger partial charge in [-0.1, -0.05) is 20.8 Å². The molecule has 28 heavy (non-hydrogen) atoms. The molecule has 0 aromatic heterocycles. The molecular weight excluding hydrogens is 484 g/mol. The Morgan fingerprint density at radius 2 is 2.04 bits per heavy atom. The SMILES string of the molecule is CCN(CC1CCN(C(=NC)NC2C3CCOC3C2(C)C)C1)CC(F)(F)F.I. The van der Waals surface area contributed by atoms with E-state index in [9.17, 15) is 13.2 Å². The number of guanidine groups is 1. The van der Waals surface area contributed by atoms with Gasteiger partial charge in [0, 0.05) is 50.7 Å². The Morgan fingerprint density at radius 3 is 2.64 bits per heavy atom. The van der Waals surface area contributed by atoms with E-state index in [4.69, 9.17) is 4.74 Å². The van der Waals surface area contributed by atoms with Crippen LogP contribution in [-0.2, 0) is 4.74 Å². The van der Waals surface area contributed by atoms with Crippen molar-refractivity contribution in [2.24, 2.45) is 22.2 Å². The molecule has 1 aliphatic carbocycles. The molecule has 3 rings (SSSR count). The van der Waals surface area contributed by atoms with Crippen LogP contribution < -0.4 is 5.32 Å². The minimum atomic E-state index is -4.14. The van der Waals surface area contributed by atoms with Gasteiger partial charge in [-0.05, 0) is 25.3 Å². The summed E-state index contributed by atoms with van der Waals surface area (Å²) in [5, 5.41) is 3.64. The third kappa shape index (κ3) is 5.06. The highest BCUT2D eigenvalue weighted by atomic mass is 127. The lowest BCUT2D eigenvalue weighted by molar-refractivity contribution is -0.146. The molecule has 0 bridgehead atoms. The fourth-order valence-corrected chi connectivity index (χ4v) is 5.15. The molecule has 164 valence electrons. The van der Waals surface area contributed by atoms with Gasteiger partial charge in [-0.2, -0.15) is 13.2 Å². The molecule has 2 saturated heterocycles. The van der Waals surface area contributed by atoms with Gasteiger partial charge in [0.2, 0.25) is 0 Å². The fraction of sp³-hybridized carbons (Fsp3) is 0.947. The van der Waals surface area contributed by atoms with E-state index >= 15 is 0 Å². The molecule has 1 N–H and O–H groups in total. The summed E-state index contributed by atoms with van der Waals surface area (Å²) in [6, 6.07) is 0.333. The Hall–Kier alpha value is -0.290. The first kappa shape index (κ1) is 24.0. The number of halogens is 4. The van der Waals surface area contributed by atoms with Crippen LogP contribution in [0.2, 0.25) is 0 Å². The molecule has 4 atom stereocenters. The Kier molecular flexibility index (Phi) is 7.92. The zero-order valence-electron chi connectivity index (χ0n) is 17.3. The minimum absolute atomic E-state index is 0. The molecular formula is C19H34F3IN4O. The van der Waals surface area contributed by atoms with Gasteiger partial charge in [-0.15, -0.1) is 24.0 Å². The summed E-state index contributed by atoms with van der Waals surface area (Å²) >= 11 is 0. The van der Waals surface area contributed by atoms with Crippen LogP contribution in [0.1, 0.15) is 33.6 Å². The second-order valence-electron chi connectivity index (χ2n) is 8.78. The molecule has 0 amide bonds. The van der Waals surface area contributed by atoms with E-state index < -0.39 is 12.7 Å². The van der Waals surface area contributed by atoms with Crippen molar-refractivity contribution < 1.29 is 17.9 Å². The van der Waals surface area contributed by atoms with E-state index in [0.29, 0.717) is 31.2 Å². The number of likely N-dealkylation sites (tertiary alicyclic amines) is 1. The van der Waals surface area contributed by atoms with Crippen LogP contribution in [0.15, 0.2) is 4.99 Å². The van der Waals surface area contributed by atoms with Gasteiger partial charge in [0.25, 0.3) is 0 Å². The predicted molar refractivity (Wildman–Crippen MR) is 115 cm³/mol. The molecule has 0 spiro atoms. The topological polar surface area (TPSA) is 40.1 Å². The van der Waals surface area contributed by atoms with Crippen molar-refractivity contribution >= 4 is 29.9 Å². The number of hydrogen-bond donors (Lipinski definition) is 1. The van der Waals surface area contributed by atoms with Crippen LogP contribution in [0.4, 0.5) is 13.2 Å². The Labute approximate surface area is 183 Å². The summed E-state index contributed by atoms with van der Waals surface area (Å²) in [5.41, 5.74) is 0.0714. The molecule has 0 aromatic rings. The third-order valence-electron chi connectivity index (χ3n) is 6.55. The molecule has 5 nitrogen and oxygen atoms in total. The largest absolute Gasteiger partial charge is 0.401 e. The summed E-state index contributed by atoms with van der Waals surface area (Å²) < 4.78 is 44.0. The van der Waals surface area contributed by atoms with Crippen LogP contribution in [0, 0.1) is 17.3 Å². The zero-order chi connectivity index (χ0) is 19.8. The first-order valence-electron chi connectivity index (χ1n) is 10.0. The molecule has 3 aliphatic rings. The fourth-order valence-electron chi connectivity index (χ4n) is 5.15. The summed E-state index contributed by atoms with van der Waals surface area (Å²) in [6.07, 6.45) is -1.84. The molecule has 2 aliphatic heterocycles. The molecule has 9 heteroatoms. The first-order chi connectivity index (χ1) is 12.7. The second kappa shape index (κ2) is 9.24. The monoisotopic (exact) mass is 518 g/mol. The zero-order valence-corrected chi connectivity index (χ0v) is 19.6. The summed E-state index contributed by atoms with van der Waals surface area (Å²) in [4.78, 5) is 8.16. The number of rotatable bonds is 5. The Balaban J connectivity index is 0.00000280. The van der Waals surface area contributed by atoms with Gasteiger partial charge in [0.1, 0.15) is 0 Å². The number of aliphatic imine (C=N–C) groups is 1. The Morgan fingerprint density at radius 1 is 1.32 bits per heavy atom. The first-order valence-corrected chi connectivity index (χ1v) is 10.0. The summed E-state index contributed by atoms with van der Waals surface area (Å²) in [7, 11) is 1.78. The quantitative estimate of drug-likeness (QED) is 0.345. The van der Waals surface area contributed by atoms with Crippen LogP contribution >= 0.6 is 24.0 Å². The molecule has 2 heterocycles. The maximum Gasteiger partial charge on any atom is 0.401 e. The van der Waals surface area contributed by atoms with Gasteiger partial charge in [-0.3, -0.25) is 9.89 Å². The highest BCUT2D eigenvalue weighted by Gasteiger charge is 2.59. The minimum Gasteiger partial charge on any atom is -0.377 e. The van der Waals surface area contributed by atoms with Gasteiger partial charge in [-0.25, -0.2) is 0 Å². The van der Waals surface area contributed by atoms with E-state index in [1.807, 2.05) is 0 Å². The van der Waals surface area contributed by atoms with Crippen molar-refractivity contribution in [3.05, 3.63) is 0 Å². The lowest BCUT2D eigenvalue weighted by Gasteiger charge is -2.55. The molecule has 0 radical (unpaired) electrons. The number of hydrogen-bond acceptors (Lipinski definition) is 3. The van der Waals surface area contributed by atoms with Crippen LogP contribution in [0.25, 0.3) is 0 Å². The predicted octanol–water partition coefficient (Wildman–Crippen LogP) is 3.20. The van der Waals surface area contributed by atoms with Crippen molar-refractivity contribution in [1.82, 2.24) is 15.1 Å². The van der Waals surface area contributed by atoms with Crippen molar-refractivity contribution in [1.29, 1.82) is 0 Å². The number of nitrogens with zero attached hydrogens (tertiary/aromatic N) is 3. The van der Waals surface area contributed by atoms with E-state index in [1.54, 1.807) is 14.0 Å². The number of ether oxygens (including phenoxy) is 1. The van der Waals surface area contributed by atoms with Gasteiger partial charge < -0.3 is 15.0 Å². The van der Waals surface area contributed by atoms with Gasteiger partial charge in [0.05, 0.1) is 12.6 Å². The number of fused-ring (bicyclic) bond motifs is 1. The van der Waals surface area contributed by atoms with Crippen molar-refractivity contribution in [2.75, 3.05) is 46.4 Å². The normalized spacial score (nSPS) is 32.1. The molecule has 0 aromatic carbocycles. The van der Waals surface area contributed by atoms with Gasteiger partial charge in [0.15, 0.2) is 5.96 Å². The van der Waals surface area contributed by atoms with E-state index in [2.05, 4.69) is 29.1 Å². The smallest absolute Gasteiger partial charge is 0.377 e. The number of nitrogens with one attached hydrogen (secondary N) is 1. The van der Waals surface area contributed by atoms with Crippen LogP contribution in [0.5, 0.6) is 0 Å². The van der Waals surface area contributed by atoms with Crippen molar-refractivity contribution in [3.63, 3.8) is 0 Å². The highest BCUT2D eigenvalue weighted by molar-refractivity contribution is 14.0.